The van der Waals surface area contributed by atoms with Crippen LogP contribution in [0.2, 0.25) is 0 Å². The van der Waals surface area contributed by atoms with Gasteiger partial charge in [0.25, 0.3) is 0 Å². The van der Waals surface area contributed by atoms with Gasteiger partial charge in [0.15, 0.2) is 0 Å². The van der Waals surface area contributed by atoms with Gasteiger partial charge in [-0.05, 0) is 31.3 Å². The highest BCUT2D eigenvalue weighted by Gasteiger charge is 2.31. The van der Waals surface area contributed by atoms with E-state index in [4.69, 9.17) is 0 Å². The summed E-state index contributed by atoms with van der Waals surface area (Å²) in [6.07, 6.45) is 3.49. The van der Waals surface area contributed by atoms with Gasteiger partial charge < -0.3 is 10.2 Å². The summed E-state index contributed by atoms with van der Waals surface area (Å²) < 4.78 is 0. The lowest BCUT2D eigenvalue weighted by Crippen LogP contribution is -2.52. The third-order valence-electron chi connectivity index (χ3n) is 3.16. The van der Waals surface area contributed by atoms with E-state index in [0.29, 0.717) is 18.3 Å². The van der Waals surface area contributed by atoms with Crippen LogP contribution in [0.1, 0.15) is 12.8 Å². The van der Waals surface area contributed by atoms with Crippen molar-refractivity contribution >= 4 is 5.91 Å². The average Bonchev–Trinajstić information content (AvgIpc) is 2.17. The van der Waals surface area contributed by atoms with Crippen LogP contribution < -0.4 is 5.32 Å². The van der Waals surface area contributed by atoms with E-state index in [-0.39, 0.29) is 5.91 Å². The highest BCUT2D eigenvalue weighted by molar-refractivity contribution is 5.77. The smallest absolute Gasteiger partial charge is 0.226 e. The summed E-state index contributed by atoms with van der Waals surface area (Å²) in [5, 5.41) is 3.42. The van der Waals surface area contributed by atoms with Crippen molar-refractivity contribution < 1.29 is 4.79 Å². The van der Waals surface area contributed by atoms with Crippen LogP contribution in [-0.2, 0) is 4.79 Å². The minimum absolute atomic E-state index is 0.247. The number of hydrogen-bond donors (Lipinski definition) is 1. The molecule has 0 aromatic heterocycles. The molecule has 0 aromatic carbocycles. The highest BCUT2D eigenvalue weighted by atomic mass is 16.2. The Morgan fingerprint density at radius 1 is 1.43 bits per heavy atom. The fourth-order valence-corrected chi connectivity index (χ4v) is 2.56. The van der Waals surface area contributed by atoms with Gasteiger partial charge in [-0.3, -0.25) is 4.79 Å². The van der Waals surface area contributed by atoms with Crippen molar-refractivity contribution in [1.29, 1.82) is 0 Å². The Kier molecular flexibility index (Phi) is 2.87. The van der Waals surface area contributed by atoms with Crippen molar-refractivity contribution in [3.63, 3.8) is 0 Å². The van der Waals surface area contributed by atoms with Crippen LogP contribution in [0.3, 0.4) is 0 Å². The van der Waals surface area contributed by atoms with E-state index in [1.165, 1.54) is 6.42 Å². The lowest BCUT2D eigenvalue weighted by Gasteiger charge is -2.41. The molecule has 78 valence electrons. The SMILES string of the molecule is C=CCC(=O)N1CC2CNCC(C2)C1. The standard InChI is InChI=1S/C11H18N2O/c1-2-3-11(14)13-7-9-4-10(8-13)6-12-5-9/h2,9-10,12H,1,3-8H2. The van der Waals surface area contributed by atoms with Crippen LogP contribution >= 0.6 is 0 Å². The molecule has 2 heterocycles. The fraction of sp³-hybridized carbons (Fsp3) is 0.727. The molecule has 0 radical (unpaired) electrons. The first-order chi connectivity index (χ1) is 6.79. The maximum atomic E-state index is 11.7. The van der Waals surface area contributed by atoms with Crippen molar-refractivity contribution in [2.45, 2.75) is 12.8 Å². The molecule has 1 N–H and O–H groups in total. The molecule has 2 unspecified atom stereocenters. The average molecular weight is 194 g/mol. The minimum atomic E-state index is 0.247. The second kappa shape index (κ2) is 4.13. The van der Waals surface area contributed by atoms with E-state index in [1.807, 2.05) is 4.90 Å². The number of carbonyl (C=O) groups excluding carboxylic acids is 1. The molecule has 2 aliphatic rings. The fourth-order valence-electron chi connectivity index (χ4n) is 2.56. The summed E-state index contributed by atoms with van der Waals surface area (Å²) >= 11 is 0. The van der Waals surface area contributed by atoms with Gasteiger partial charge in [0.2, 0.25) is 5.91 Å². The first kappa shape index (κ1) is 9.71. The van der Waals surface area contributed by atoms with Gasteiger partial charge in [-0.2, -0.15) is 0 Å². The summed E-state index contributed by atoms with van der Waals surface area (Å²) in [5.74, 6) is 1.60. The Balaban J connectivity index is 1.94. The molecule has 2 aliphatic heterocycles. The molecule has 0 aliphatic carbocycles. The second-order valence-corrected chi connectivity index (χ2v) is 4.42. The first-order valence-corrected chi connectivity index (χ1v) is 5.39. The van der Waals surface area contributed by atoms with Crippen LogP contribution in [0.25, 0.3) is 0 Å². The molecule has 14 heavy (non-hydrogen) atoms. The zero-order valence-corrected chi connectivity index (χ0v) is 8.54. The zero-order chi connectivity index (χ0) is 9.97. The molecule has 2 atom stereocenters. The van der Waals surface area contributed by atoms with Crippen LogP contribution in [0.4, 0.5) is 0 Å². The van der Waals surface area contributed by atoms with Crippen molar-refractivity contribution in [3.05, 3.63) is 12.7 Å². The quantitative estimate of drug-likeness (QED) is 0.654. The molecule has 2 bridgehead atoms. The summed E-state index contributed by atoms with van der Waals surface area (Å²) in [4.78, 5) is 13.7. The maximum Gasteiger partial charge on any atom is 0.226 e. The van der Waals surface area contributed by atoms with Crippen LogP contribution in [0.15, 0.2) is 12.7 Å². The number of amides is 1. The molecular formula is C11H18N2O. The number of rotatable bonds is 2. The molecule has 0 aromatic rings. The molecule has 2 rings (SSSR count). The number of carbonyl (C=O) groups is 1. The lowest BCUT2D eigenvalue weighted by atomic mass is 9.86. The van der Waals surface area contributed by atoms with Gasteiger partial charge >= 0.3 is 0 Å². The first-order valence-electron chi connectivity index (χ1n) is 5.39. The maximum absolute atomic E-state index is 11.7. The van der Waals surface area contributed by atoms with Crippen molar-refractivity contribution in [2.75, 3.05) is 26.2 Å². The number of nitrogens with zero attached hydrogens (tertiary/aromatic N) is 1. The largest absolute Gasteiger partial charge is 0.342 e. The number of fused-ring (bicyclic) bond motifs is 2. The number of likely N-dealkylation sites (tertiary alicyclic amines) is 1. The lowest BCUT2D eigenvalue weighted by molar-refractivity contribution is -0.133. The monoisotopic (exact) mass is 194 g/mol. The van der Waals surface area contributed by atoms with Gasteiger partial charge in [-0.25, -0.2) is 0 Å². The van der Waals surface area contributed by atoms with Crippen LogP contribution in [0, 0.1) is 11.8 Å². The molecule has 0 spiro atoms. The Morgan fingerprint density at radius 3 is 2.64 bits per heavy atom. The van der Waals surface area contributed by atoms with Gasteiger partial charge in [0, 0.05) is 19.5 Å². The van der Waals surface area contributed by atoms with E-state index in [0.717, 1.165) is 26.2 Å². The van der Waals surface area contributed by atoms with Crippen LogP contribution in [-0.4, -0.2) is 37.0 Å². The van der Waals surface area contributed by atoms with Crippen molar-refractivity contribution in [3.8, 4) is 0 Å². The van der Waals surface area contributed by atoms with Crippen molar-refractivity contribution in [2.24, 2.45) is 11.8 Å². The molecule has 2 saturated heterocycles. The van der Waals surface area contributed by atoms with Crippen LogP contribution in [0.5, 0.6) is 0 Å². The minimum Gasteiger partial charge on any atom is -0.342 e. The Bertz CT molecular complexity index is 227. The van der Waals surface area contributed by atoms with Gasteiger partial charge in [-0.15, -0.1) is 6.58 Å². The Hall–Kier alpha value is -0.830. The molecule has 2 fully saturated rings. The van der Waals surface area contributed by atoms with E-state index >= 15 is 0 Å². The normalized spacial score (nSPS) is 31.3. The van der Waals surface area contributed by atoms with E-state index in [2.05, 4.69) is 11.9 Å². The Labute approximate surface area is 85.2 Å². The number of piperidine rings is 2. The zero-order valence-electron chi connectivity index (χ0n) is 8.54. The third kappa shape index (κ3) is 1.98. The summed E-state index contributed by atoms with van der Waals surface area (Å²) in [6.45, 7) is 7.64. The molecular weight excluding hydrogens is 176 g/mol. The summed E-state index contributed by atoms with van der Waals surface area (Å²) in [7, 11) is 0. The number of hydrogen-bond acceptors (Lipinski definition) is 2. The van der Waals surface area contributed by atoms with Gasteiger partial charge in [-0.1, -0.05) is 6.08 Å². The second-order valence-electron chi connectivity index (χ2n) is 4.42. The Morgan fingerprint density at radius 2 is 2.07 bits per heavy atom. The molecule has 0 saturated carbocycles. The molecule has 3 heteroatoms. The van der Waals surface area contributed by atoms with Crippen molar-refractivity contribution in [1.82, 2.24) is 10.2 Å². The predicted molar refractivity (Wildman–Crippen MR) is 55.9 cm³/mol. The van der Waals surface area contributed by atoms with E-state index in [1.54, 1.807) is 6.08 Å². The summed E-state index contributed by atoms with van der Waals surface area (Å²) in [5.41, 5.74) is 0. The number of nitrogens with one attached hydrogen (secondary N) is 1. The predicted octanol–water partition coefficient (Wildman–Crippen LogP) is 0.630. The molecule has 1 amide bonds. The summed E-state index contributed by atoms with van der Waals surface area (Å²) in [6, 6.07) is 0. The topological polar surface area (TPSA) is 32.3 Å². The third-order valence-corrected chi connectivity index (χ3v) is 3.16. The highest BCUT2D eigenvalue weighted by Crippen LogP contribution is 2.24. The molecule has 3 nitrogen and oxygen atoms in total. The van der Waals surface area contributed by atoms with E-state index < -0.39 is 0 Å². The van der Waals surface area contributed by atoms with E-state index in [9.17, 15) is 4.79 Å². The van der Waals surface area contributed by atoms with Gasteiger partial charge in [0.1, 0.15) is 0 Å². The van der Waals surface area contributed by atoms with Gasteiger partial charge in [0.05, 0.1) is 0 Å².